The van der Waals surface area contributed by atoms with Crippen LogP contribution in [-0.2, 0) is 6.42 Å². The van der Waals surface area contributed by atoms with E-state index in [9.17, 15) is 5.11 Å². The normalized spacial score (nSPS) is 11.0. The molecule has 0 aliphatic carbocycles. The van der Waals surface area contributed by atoms with E-state index in [-0.39, 0.29) is 5.75 Å². The van der Waals surface area contributed by atoms with Crippen LogP contribution < -0.4 is 5.73 Å². The molecule has 0 spiro atoms. The van der Waals surface area contributed by atoms with Crippen molar-refractivity contribution in [1.29, 1.82) is 0 Å². The van der Waals surface area contributed by atoms with Crippen molar-refractivity contribution in [2.24, 2.45) is 5.73 Å². The van der Waals surface area contributed by atoms with Crippen LogP contribution in [0.3, 0.4) is 0 Å². The highest BCUT2D eigenvalue weighted by Crippen LogP contribution is 2.29. The highest BCUT2D eigenvalue weighted by atomic mass is 16.3. The van der Waals surface area contributed by atoms with Crippen LogP contribution in [0.5, 0.6) is 5.75 Å². The van der Waals surface area contributed by atoms with Crippen LogP contribution in [0, 0.1) is 0 Å². The van der Waals surface area contributed by atoms with Crippen LogP contribution >= 0.6 is 0 Å². The Morgan fingerprint density at radius 1 is 0.955 bits per heavy atom. The molecule has 0 saturated carbocycles. The summed E-state index contributed by atoms with van der Waals surface area (Å²) in [5.41, 5.74) is 9.05. The summed E-state index contributed by atoms with van der Waals surface area (Å²) < 4.78 is 0. The van der Waals surface area contributed by atoms with Gasteiger partial charge in [-0.2, -0.15) is 0 Å². The summed E-state index contributed by atoms with van der Waals surface area (Å²) in [6.07, 6.45) is 6.99. The first-order chi connectivity index (χ1) is 10.8. The molecule has 0 radical (unpaired) electrons. The Labute approximate surface area is 130 Å². The maximum absolute atomic E-state index is 9.46. The molecule has 0 aliphatic heterocycles. The zero-order valence-corrected chi connectivity index (χ0v) is 12.5. The standard InChI is InChI=1S/C19H20N2O/c20-10-2-1-3-14-4-5-16-12-21-13-19(18(16)11-14)15-6-8-17(22)9-7-15/h4-9,11-13,22H,1-3,10,20H2. The maximum Gasteiger partial charge on any atom is 0.115 e. The zero-order valence-electron chi connectivity index (χ0n) is 12.5. The predicted molar refractivity (Wildman–Crippen MR) is 90.8 cm³/mol. The monoisotopic (exact) mass is 292 g/mol. The Morgan fingerprint density at radius 3 is 2.55 bits per heavy atom. The second-order valence-corrected chi connectivity index (χ2v) is 5.54. The van der Waals surface area contributed by atoms with Crippen LogP contribution in [0.2, 0.25) is 0 Å². The van der Waals surface area contributed by atoms with Crippen molar-refractivity contribution in [2.45, 2.75) is 19.3 Å². The summed E-state index contributed by atoms with van der Waals surface area (Å²) in [5.74, 6) is 0.277. The smallest absolute Gasteiger partial charge is 0.115 e. The van der Waals surface area contributed by atoms with E-state index in [0.717, 1.165) is 42.3 Å². The van der Waals surface area contributed by atoms with E-state index in [2.05, 4.69) is 23.2 Å². The molecule has 3 aromatic rings. The SMILES string of the molecule is NCCCCc1ccc2cncc(-c3ccc(O)cc3)c2c1. The Balaban J connectivity index is 2.02. The number of phenolic OH excluding ortho intramolecular Hbond substituents is 1. The van der Waals surface area contributed by atoms with Gasteiger partial charge in [0.05, 0.1) is 0 Å². The maximum atomic E-state index is 9.46. The van der Waals surface area contributed by atoms with Gasteiger partial charge in [0.1, 0.15) is 5.75 Å². The average molecular weight is 292 g/mol. The fourth-order valence-corrected chi connectivity index (χ4v) is 2.71. The van der Waals surface area contributed by atoms with Gasteiger partial charge in [-0.3, -0.25) is 4.98 Å². The Hall–Kier alpha value is -2.39. The van der Waals surface area contributed by atoms with Gasteiger partial charge in [0.15, 0.2) is 0 Å². The quantitative estimate of drug-likeness (QED) is 0.701. The number of pyridine rings is 1. The highest BCUT2D eigenvalue weighted by molar-refractivity contribution is 5.96. The number of aryl methyl sites for hydroxylation is 1. The van der Waals surface area contributed by atoms with Crippen LogP contribution in [-0.4, -0.2) is 16.6 Å². The molecule has 0 atom stereocenters. The number of hydrogen-bond acceptors (Lipinski definition) is 3. The lowest BCUT2D eigenvalue weighted by Gasteiger charge is -2.09. The number of benzene rings is 2. The van der Waals surface area contributed by atoms with Crippen molar-refractivity contribution in [1.82, 2.24) is 4.98 Å². The number of phenols is 1. The predicted octanol–water partition coefficient (Wildman–Crippen LogP) is 3.89. The summed E-state index contributed by atoms with van der Waals surface area (Å²) in [5, 5.41) is 11.8. The van der Waals surface area contributed by atoms with Crippen molar-refractivity contribution in [3.8, 4) is 16.9 Å². The summed E-state index contributed by atoms with van der Waals surface area (Å²) in [6, 6.07) is 13.8. The molecule has 0 unspecified atom stereocenters. The number of aromatic hydroxyl groups is 1. The van der Waals surface area contributed by atoms with Gasteiger partial charge in [-0.05, 0) is 54.5 Å². The minimum Gasteiger partial charge on any atom is -0.508 e. The van der Waals surface area contributed by atoms with Crippen LogP contribution in [0.15, 0.2) is 54.9 Å². The zero-order chi connectivity index (χ0) is 15.4. The average Bonchev–Trinajstić information content (AvgIpc) is 2.55. The van der Waals surface area contributed by atoms with Crippen LogP contribution in [0.4, 0.5) is 0 Å². The first-order valence-electron chi connectivity index (χ1n) is 7.64. The molecule has 3 rings (SSSR count). The number of hydrogen-bond donors (Lipinski definition) is 2. The summed E-state index contributed by atoms with van der Waals surface area (Å²) >= 11 is 0. The summed E-state index contributed by atoms with van der Waals surface area (Å²) in [6.45, 7) is 0.746. The molecule has 22 heavy (non-hydrogen) atoms. The lowest BCUT2D eigenvalue weighted by atomic mass is 9.97. The molecule has 0 aliphatic rings. The molecule has 0 bridgehead atoms. The molecule has 0 amide bonds. The van der Waals surface area contributed by atoms with E-state index in [1.807, 2.05) is 24.5 Å². The molecular weight excluding hydrogens is 272 g/mol. The Bertz CT molecular complexity index is 766. The lowest BCUT2D eigenvalue weighted by Crippen LogP contribution is -1.99. The van der Waals surface area contributed by atoms with Gasteiger partial charge in [0, 0.05) is 23.3 Å². The molecule has 112 valence electrons. The fraction of sp³-hybridized carbons (Fsp3) is 0.211. The molecule has 1 heterocycles. The van der Waals surface area contributed by atoms with Crippen molar-refractivity contribution in [3.63, 3.8) is 0 Å². The van der Waals surface area contributed by atoms with Gasteiger partial charge in [-0.15, -0.1) is 0 Å². The molecule has 3 heteroatoms. The van der Waals surface area contributed by atoms with Crippen molar-refractivity contribution >= 4 is 10.8 Å². The first-order valence-corrected chi connectivity index (χ1v) is 7.64. The van der Waals surface area contributed by atoms with E-state index in [1.165, 1.54) is 10.9 Å². The van der Waals surface area contributed by atoms with Gasteiger partial charge >= 0.3 is 0 Å². The molecule has 1 aromatic heterocycles. The van der Waals surface area contributed by atoms with Gasteiger partial charge < -0.3 is 10.8 Å². The van der Waals surface area contributed by atoms with E-state index < -0.39 is 0 Å². The fourth-order valence-electron chi connectivity index (χ4n) is 2.71. The largest absolute Gasteiger partial charge is 0.508 e. The summed E-state index contributed by atoms with van der Waals surface area (Å²) in [7, 11) is 0. The molecule has 0 fully saturated rings. The van der Waals surface area contributed by atoms with Gasteiger partial charge in [0.2, 0.25) is 0 Å². The first kappa shape index (κ1) is 14.5. The van der Waals surface area contributed by atoms with E-state index >= 15 is 0 Å². The molecule has 3 nitrogen and oxygen atoms in total. The minimum atomic E-state index is 0.277. The van der Waals surface area contributed by atoms with Gasteiger partial charge in [-0.1, -0.05) is 30.3 Å². The lowest BCUT2D eigenvalue weighted by molar-refractivity contribution is 0.475. The third-order valence-corrected chi connectivity index (χ3v) is 3.92. The Kier molecular flexibility index (Phi) is 4.35. The molecule has 0 saturated heterocycles. The number of nitrogens with two attached hydrogens (primary N) is 1. The third kappa shape index (κ3) is 3.10. The van der Waals surface area contributed by atoms with Crippen molar-refractivity contribution < 1.29 is 5.11 Å². The number of unbranched alkanes of at least 4 members (excludes halogenated alkanes) is 1. The van der Waals surface area contributed by atoms with E-state index in [4.69, 9.17) is 5.73 Å². The number of rotatable bonds is 5. The molecular formula is C19H20N2O. The summed E-state index contributed by atoms with van der Waals surface area (Å²) in [4.78, 5) is 4.34. The van der Waals surface area contributed by atoms with Crippen LogP contribution in [0.1, 0.15) is 18.4 Å². The van der Waals surface area contributed by atoms with Gasteiger partial charge in [0.25, 0.3) is 0 Å². The minimum absolute atomic E-state index is 0.277. The number of fused-ring (bicyclic) bond motifs is 1. The van der Waals surface area contributed by atoms with Crippen molar-refractivity contribution in [2.75, 3.05) is 6.54 Å². The topological polar surface area (TPSA) is 59.1 Å². The van der Waals surface area contributed by atoms with Gasteiger partial charge in [-0.25, -0.2) is 0 Å². The second kappa shape index (κ2) is 6.58. The van der Waals surface area contributed by atoms with E-state index in [1.54, 1.807) is 12.1 Å². The third-order valence-electron chi connectivity index (χ3n) is 3.92. The van der Waals surface area contributed by atoms with Crippen molar-refractivity contribution in [3.05, 3.63) is 60.4 Å². The van der Waals surface area contributed by atoms with Crippen LogP contribution in [0.25, 0.3) is 21.9 Å². The highest BCUT2D eigenvalue weighted by Gasteiger charge is 2.06. The Morgan fingerprint density at radius 2 is 1.77 bits per heavy atom. The van der Waals surface area contributed by atoms with E-state index in [0.29, 0.717) is 0 Å². The second-order valence-electron chi connectivity index (χ2n) is 5.54. The number of nitrogens with zero attached hydrogens (tertiary/aromatic N) is 1. The molecule has 2 aromatic carbocycles. The molecule has 3 N–H and O–H groups in total. The number of aromatic nitrogens is 1.